The van der Waals surface area contributed by atoms with Gasteiger partial charge in [-0.2, -0.15) is 0 Å². The molecule has 0 bridgehead atoms. The Morgan fingerprint density at radius 2 is 1.81 bits per heavy atom. The first-order chi connectivity index (χ1) is 15.2. The van der Waals surface area contributed by atoms with E-state index in [-0.39, 0.29) is 5.91 Å². The number of hydrogen-bond donors (Lipinski definition) is 1. The second-order valence-corrected chi connectivity index (χ2v) is 9.92. The fraction of sp³-hybridized carbons (Fsp3) is 0.435. The Bertz CT molecular complexity index is 1000. The zero-order chi connectivity index (χ0) is 23.1. The minimum absolute atomic E-state index is 0.221. The van der Waals surface area contributed by atoms with Crippen LogP contribution >= 0.6 is 0 Å². The third-order valence-electron chi connectivity index (χ3n) is 5.35. The Morgan fingerprint density at radius 1 is 1.16 bits per heavy atom. The summed E-state index contributed by atoms with van der Waals surface area (Å²) in [7, 11) is -1.85. The molecule has 1 N–H and O–H groups in total. The predicted octanol–water partition coefficient (Wildman–Crippen LogP) is 2.00. The zero-order valence-corrected chi connectivity index (χ0v) is 19.6. The lowest BCUT2D eigenvalue weighted by Crippen LogP contribution is -2.36. The molecule has 1 amide bonds. The van der Waals surface area contributed by atoms with Gasteiger partial charge in [-0.1, -0.05) is 24.3 Å². The molecule has 0 spiro atoms. The summed E-state index contributed by atoms with van der Waals surface area (Å²) >= 11 is 0. The topological polar surface area (TPSA) is 88.2 Å². The standard InChI is InChI=1S/C23H31N3O5S/c1-18(31-22-9-7-21(8-10-22)25(2)32(3,28)29)23(27)24-16-19-5-4-6-20(15-19)17-26-11-13-30-14-12-26/h4-10,15,18H,11-14,16-17H2,1-3H3,(H,24,27). The van der Waals surface area contributed by atoms with Crippen LogP contribution in [0.5, 0.6) is 5.75 Å². The first-order valence-corrected chi connectivity index (χ1v) is 12.4. The summed E-state index contributed by atoms with van der Waals surface area (Å²) in [6, 6.07) is 14.8. The van der Waals surface area contributed by atoms with Gasteiger partial charge in [-0.05, 0) is 42.3 Å². The Labute approximate surface area is 190 Å². The first kappa shape index (κ1) is 24.0. The average Bonchev–Trinajstić information content (AvgIpc) is 2.78. The fourth-order valence-electron chi connectivity index (χ4n) is 3.37. The number of sulfonamides is 1. The second kappa shape index (κ2) is 10.8. The van der Waals surface area contributed by atoms with Gasteiger partial charge < -0.3 is 14.8 Å². The molecule has 1 fully saturated rings. The van der Waals surface area contributed by atoms with Crippen LogP contribution in [0.3, 0.4) is 0 Å². The number of hydrogen-bond acceptors (Lipinski definition) is 6. The van der Waals surface area contributed by atoms with Gasteiger partial charge in [0, 0.05) is 33.2 Å². The number of benzene rings is 2. The minimum Gasteiger partial charge on any atom is -0.481 e. The Balaban J connectivity index is 1.50. The zero-order valence-electron chi connectivity index (χ0n) is 18.8. The maximum Gasteiger partial charge on any atom is 0.261 e. The molecule has 32 heavy (non-hydrogen) atoms. The number of rotatable bonds is 9. The SMILES string of the molecule is CC(Oc1ccc(N(C)S(C)(=O)=O)cc1)C(=O)NCc1cccc(CN2CCOCC2)c1. The summed E-state index contributed by atoms with van der Waals surface area (Å²) in [5.74, 6) is 0.270. The van der Waals surface area contributed by atoms with E-state index in [1.807, 2.05) is 12.1 Å². The van der Waals surface area contributed by atoms with Gasteiger partial charge in [0.05, 0.1) is 25.2 Å². The Morgan fingerprint density at radius 3 is 2.47 bits per heavy atom. The van der Waals surface area contributed by atoms with E-state index in [1.54, 1.807) is 31.2 Å². The summed E-state index contributed by atoms with van der Waals surface area (Å²) in [5, 5.41) is 2.91. The molecule has 0 aromatic heterocycles. The molecule has 1 saturated heterocycles. The maximum atomic E-state index is 12.5. The van der Waals surface area contributed by atoms with Gasteiger partial charge >= 0.3 is 0 Å². The van der Waals surface area contributed by atoms with Crippen LogP contribution in [-0.4, -0.2) is 64.9 Å². The minimum atomic E-state index is -3.33. The summed E-state index contributed by atoms with van der Waals surface area (Å²) in [6.45, 7) is 6.37. The van der Waals surface area contributed by atoms with E-state index in [9.17, 15) is 13.2 Å². The molecule has 174 valence electrons. The summed E-state index contributed by atoms with van der Waals surface area (Å²) in [4.78, 5) is 14.8. The van der Waals surface area contributed by atoms with Crippen LogP contribution in [0.25, 0.3) is 0 Å². The van der Waals surface area contributed by atoms with Crippen LogP contribution in [0.4, 0.5) is 5.69 Å². The van der Waals surface area contributed by atoms with Crippen molar-refractivity contribution < 1.29 is 22.7 Å². The molecule has 0 aliphatic carbocycles. The van der Waals surface area contributed by atoms with Crippen LogP contribution < -0.4 is 14.4 Å². The Kier molecular flexibility index (Phi) is 8.11. The lowest BCUT2D eigenvalue weighted by molar-refractivity contribution is -0.127. The highest BCUT2D eigenvalue weighted by Crippen LogP contribution is 2.21. The van der Waals surface area contributed by atoms with E-state index < -0.39 is 16.1 Å². The third kappa shape index (κ3) is 6.94. The number of ether oxygens (including phenoxy) is 2. The van der Waals surface area contributed by atoms with Gasteiger partial charge in [-0.25, -0.2) is 8.42 Å². The highest BCUT2D eigenvalue weighted by molar-refractivity contribution is 7.92. The van der Waals surface area contributed by atoms with Crippen molar-refractivity contribution in [2.24, 2.45) is 0 Å². The molecule has 1 unspecified atom stereocenters. The Hall–Kier alpha value is -2.62. The van der Waals surface area contributed by atoms with Crippen molar-refractivity contribution in [3.8, 4) is 5.75 Å². The number of morpholine rings is 1. The second-order valence-electron chi connectivity index (χ2n) is 7.91. The van der Waals surface area contributed by atoms with E-state index >= 15 is 0 Å². The average molecular weight is 462 g/mol. The molecular weight excluding hydrogens is 430 g/mol. The number of carbonyl (C=O) groups is 1. The number of nitrogens with one attached hydrogen (secondary N) is 1. The van der Waals surface area contributed by atoms with E-state index in [0.29, 0.717) is 18.0 Å². The van der Waals surface area contributed by atoms with E-state index in [4.69, 9.17) is 9.47 Å². The molecule has 0 radical (unpaired) electrons. The molecule has 0 saturated carbocycles. The van der Waals surface area contributed by atoms with Gasteiger partial charge in [0.25, 0.3) is 5.91 Å². The largest absolute Gasteiger partial charge is 0.481 e. The highest BCUT2D eigenvalue weighted by atomic mass is 32.2. The van der Waals surface area contributed by atoms with Crippen LogP contribution in [0.1, 0.15) is 18.1 Å². The van der Waals surface area contributed by atoms with Crippen molar-refractivity contribution in [2.45, 2.75) is 26.1 Å². The fourth-order valence-corrected chi connectivity index (χ4v) is 3.88. The van der Waals surface area contributed by atoms with Crippen molar-refractivity contribution in [1.82, 2.24) is 10.2 Å². The van der Waals surface area contributed by atoms with E-state index in [2.05, 4.69) is 22.3 Å². The van der Waals surface area contributed by atoms with Crippen molar-refractivity contribution in [3.05, 3.63) is 59.7 Å². The van der Waals surface area contributed by atoms with Crippen LogP contribution in [0.15, 0.2) is 48.5 Å². The molecule has 8 nitrogen and oxygen atoms in total. The summed E-state index contributed by atoms with van der Waals surface area (Å²) in [6.07, 6.45) is 0.451. The highest BCUT2D eigenvalue weighted by Gasteiger charge is 2.16. The van der Waals surface area contributed by atoms with Gasteiger partial charge in [0.2, 0.25) is 10.0 Å². The van der Waals surface area contributed by atoms with E-state index in [0.717, 1.165) is 44.7 Å². The number of amides is 1. The maximum absolute atomic E-state index is 12.5. The molecule has 1 heterocycles. The number of nitrogens with zero attached hydrogens (tertiary/aromatic N) is 2. The van der Waals surface area contributed by atoms with Crippen molar-refractivity contribution in [2.75, 3.05) is 43.9 Å². The van der Waals surface area contributed by atoms with Crippen molar-refractivity contribution in [1.29, 1.82) is 0 Å². The van der Waals surface area contributed by atoms with Crippen molar-refractivity contribution in [3.63, 3.8) is 0 Å². The molecule has 2 aromatic carbocycles. The van der Waals surface area contributed by atoms with Gasteiger partial charge in [-0.3, -0.25) is 14.0 Å². The smallest absolute Gasteiger partial charge is 0.261 e. The van der Waals surface area contributed by atoms with Crippen LogP contribution in [-0.2, 0) is 32.6 Å². The predicted molar refractivity (Wildman–Crippen MR) is 124 cm³/mol. The monoisotopic (exact) mass is 461 g/mol. The molecular formula is C23H31N3O5S. The molecule has 3 rings (SSSR count). The third-order valence-corrected chi connectivity index (χ3v) is 6.55. The normalized spacial score (nSPS) is 15.7. The lowest BCUT2D eigenvalue weighted by Gasteiger charge is -2.26. The molecule has 1 aliphatic heterocycles. The molecule has 1 atom stereocenters. The van der Waals surface area contributed by atoms with Gasteiger partial charge in [0.15, 0.2) is 6.10 Å². The summed E-state index contributed by atoms with van der Waals surface area (Å²) in [5.41, 5.74) is 2.76. The van der Waals surface area contributed by atoms with Crippen LogP contribution in [0.2, 0.25) is 0 Å². The summed E-state index contributed by atoms with van der Waals surface area (Å²) < 4.78 is 35.5. The molecule has 9 heteroatoms. The molecule has 2 aromatic rings. The van der Waals surface area contributed by atoms with Crippen molar-refractivity contribution >= 4 is 21.6 Å². The first-order valence-electron chi connectivity index (χ1n) is 10.6. The quantitative estimate of drug-likeness (QED) is 0.615. The number of carbonyl (C=O) groups excluding carboxylic acids is 1. The van der Waals surface area contributed by atoms with E-state index in [1.165, 1.54) is 16.9 Å². The van der Waals surface area contributed by atoms with Gasteiger partial charge in [-0.15, -0.1) is 0 Å². The van der Waals surface area contributed by atoms with Crippen LogP contribution in [0, 0.1) is 0 Å². The van der Waals surface area contributed by atoms with Gasteiger partial charge in [0.1, 0.15) is 5.75 Å². The number of anilines is 1. The lowest BCUT2D eigenvalue weighted by atomic mass is 10.1. The molecule has 1 aliphatic rings.